The van der Waals surface area contributed by atoms with Gasteiger partial charge in [0.25, 0.3) is 0 Å². The lowest BCUT2D eigenvalue weighted by molar-refractivity contribution is 0.649. The summed E-state index contributed by atoms with van der Waals surface area (Å²) in [6.45, 7) is 1.98. The average molecular weight is 282 g/mol. The Morgan fingerprint density at radius 3 is 2.85 bits per heavy atom. The number of aromatic nitrogens is 5. The molecule has 0 N–H and O–H groups in total. The summed E-state index contributed by atoms with van der Waals surface area (Å²) >= 11 is 1.57. The van der Waals surface area contributed by atoms with Crippen molar-refractivity contribution in [2.45, 2.75) is 17.0 Å². The van der Waals surface area contributed by atoms with Crippen LogP contribution in [0.1, 0.15) is 11.3 Å². The zero-order valence-corrected chi connectivity index (χ0v) is 11.4. The summed E-state index contributed by atoms with van der Waals surface area (Å²) in [5.41, 5.74) is 2.99. The van der Waals surface area contributed by atoms with Gasteiger partial charge in [0.2, 0.25) is 0 Å². The molecule has 0 spiro atoms. The van der Waals surface area contributed by atoms with Gasteiger partial charge < -0.3 is 0 Å². The van der Waals surface area contributed by atoms with Crippen LogP contribution in [-0.4, -0.2) is 31.1 Å². The molecular weight excluding hydrogens is 272 g/mol. The van der Waals surface area contributed by atoms with E-state index in [9.17, 15) is 0 Å². The summed E-state index contributed by atoms with van der Waals surface area (Å²) in [5.74, 6) is 0. The minimum atomic E-state index is 0.872. The zero-order chi connectivity index (χ0) is 13.5. The molecule has 0 unspecified atom stereocenters. The summed E-state index contributed by atoms with van der Waals surface area (Å²) in [6.07, 6.45) is 3.49. The Kier molecular flexibility index (Phi) is 2.46. The molecule has 0 radical (unpaired) electrons. The van der Waals surface area contributed by atoms with Crippen molar-refractivity contribution in [2.75, 3.05) is 0 Å². The number of fused-ring (bicyclic) bond motifs is 2. The smallest absolute Gasteiger partial charge is 0.147 e. The van der Waals surface area contributed by atoms with E-state index in [2.05, 4.69) is 20.5 Å². The van der Waals surface area contributed by atoms with Crippen LogP contribution in [0.3, 0.4) is 0 Å². The van der Waals surface area contributed by atoms with E-state index >= 15 is 0 Å². The second-order valence-corrected chi connectivity index (χ2v) is 5.37. The van der Waals surface area contributed by atoms with Gasteiger partial charge >= 0.3 is 0 Å². The largest absolute Gasteiger partial charge is 0.226 e. The first-order chi connectivity index (χ1) is 9.83. The summed E-state index contributed by atoms with van der Waals surface area (Å²) in [7, 11) is 0. The molecule has 0 fully saturated rings. The number of benzene rings is 1. The van der Waals surface area contributed by atoms with Crippen molar-refractivity contribution < 1.29 is 0 Å². The van der Waals surface area contributed by atoms with E-state index in [4.69, 9.17) is 0 Å². The standard InChI is InChI=1S/C13H10N6S/c1-9-11-7-15-19-12(8-14-17-19)20-13(11)18(16-9)10-5-3-2-4-6-10/h2-8H,1H3. The Labute approximate surface area is 119 Å². The number of aryl methyl sites for hydroxylation is 1. The lowest BCUT2D eigenvalue weighted by Gasteiger charge is -2.05. The van der Waals surface area contributed by atoms with Crippen molar-refractivity contribution in [3.05, 3.63) is 47.8 Å². The maximum atomic E-state index is 4.62. The molecule has 3 heterocycles. The fourth-order valence-electron chi connectivity index (χ4n) is 2.09. The molecule has 4 rings (SSSR count). The van der Waals surface area contributed by atoms with Crippen LogP contribution in [0.25, 0.3) is 5.69 Å². The van der Waals surface area contributed by atoms with Crippen molar-refractivity contribution >= 4 is 18.0 Å². The monoisotopic (exact) mass is 282 g/mol. The lowest BCUT2D eigenvalue weighted by atomic mass is 10.3. The SMILES string of the molecule is Cc1nn(-c2ccccc2)c2c1C=Nn1nncc1S2. The molecular formula is C13H10N6S. The van der Waals surface area contributed by atoms with Gasteiger partial charge in [-0.05, 0) is 36.0 Å². The molecule has 1 aromatic carbocycles. The molecule has 0 bridgehead atoms. The van der Waals surface area contributed by atoms with Gasteiger partial charge in [-0.15, -0.1) is 9.89 Å². The van der Waals surface area contributed by atoms with Crippen LogP contribution in [0.4, 0.5) is 0 Å². The highest BCUT2D eigenvalue weighted by molar-refractivity contribution is 7.99. The summed E-state index contributed by atoms with van der Waals surface area (Å²) < 4.78 is 1.93. The summed E-state index contributed by atoms with van der Waals surface area (Å²) in [5, 5.41) is 18.6. The normalized spacial score (nSPS) is 12.8. The van der Waals surface area contributed by atoms with Gasteiger partial charge in [-0.3, -0.25) is 0 Å². The van der Waals surface area contributed by atoms with E-state index < -0.39 is 0 Å². The molecule has 20 heavy (non-hydrogen) atoms. The third-order valence-electron chi connectivity index (χ3n) is 3.06. The Balaban J connectivity index is 1.93. The van der Waals surface area contributed by atoms with E-state index in [0.717, 1.165) is 27.0 Å². The Morgan fingerprint density at radius 1 is 1.15 bits per heavy atom. The molecule has 1 aliphatic heterocycles. The highest BCUT2D eigenvalue weighted by Crippen LogP contribution is 2.34. The van der Waals surface area contributed by atoms with Gasteiger partial charge in [0, 0.05) is 0 Å². The predicted molar refractivity (Wildman–Crippen MR) is 75.4 cm³/mol. The van der Waals surface area contributed by atoms with Crippen molar-refractivity contribution in [3.63, 3.8) is 0 Å². The van der Waals surface area contributed by atoms with Crippen LogP contribution in [0.2, 0.25) is 0 Å². The van der Waals surface area contributed by atoms with Crippen molar-refractivity contribution in [3.8, 4) is 5.69 Å². The van der Waals surface area contributed by atoms with Gasteiger partial charge in [-0.2, -0.15) is 10.2 Å². The van der Waals surface area contributed by atoms with Crippen LogP contribution in [0.5, 0.6) is 0 Å². The van der Waals surface area contributed by atoms with E-state index in [1.54, 1.807) is 24.2 Å². The second kappa shape index (κ2) is 4.31. The molecule has 6 nitrogen and oxygen atoms in total. The van der Waals surface area contributed by atoms with E-state index in [-0.39, 0.29) is 0 Å². The van der Waals surface area contributed by atoms with Gasteiger partial charge in [-0.1, -0.05) is 18.2 Å². The van der Waals surface area contributed by atoms with Crippen LogP contribution in [0, 0.1) is 6.92 Å². The number of rotatable bonds is 1. The first-order valence-corrected chi connectivity index (χ1v) is 6.92. The molecule has 98 valence electrons. The second-order valence-electron chi connectivity index (χ2n) is 4.36. The molecule has 0 saturated heterocycles. The average Bonchev–Trinajstić information content (AvgIpc) is 2.99. The summed E-state index contributed by atoms with van der Waals surface area (Å²) in [6, 6.07) is 10.1. The molecule has 1 aliphatic rings. The molecule has 0 saturated carbocycles. The Morgan fingerprint density at radius 2 is 2.00 bits per heavy atom. The molecule has 0 amide bonds. The predicted octanol–water partition coefficient (Wildman–Crippen LogP) is 2.12. The minimum Gasteiger partial charge on any atom is -0.226 e. The zero-order valence-electron chi connectivity index (χ0n) is 10.6. The fraction of sp³-hybridized carbons (Fsp3) is 0.0769. The van der Waals surface area contributed by atoms with E-state index in [0.29, 0.717) is 0 Å². The minimum absolute atomic E-state index is 0.872. The third kappa shape index (κ3) is 1.67. The van der Waals surface area contributed by atoms with Crippen molar-refractivity contribution in [1.29, 1.82) is 0 Å². The Bertz CT molecular complexity index is 802. The molecule has 2 aromatic heterocycles. The maximum Gasteiger partial charge on any atom is 0.147 e. The van der Waals surface area contributed by atoms with Gasteiger partial charge in [-0.25, -0.2) is 4.68 Å². The van der Waals surface area contributed by atoms with Crippen molar-refractivity contribution in [1.82, 2.24) is 24.9 Å². The van der Waals surface area contributed by atoms with Crippen LogP contribution in [-0.2, 0) is 0 Å². The van der Waals surface area contributed by atoms with Gasteiger partial charge in [0.15, 0.2) is 0 Å². The first-order valence-electron chi connectivity index (χ1n) is 6.11. The molecule has 0 aliphatic carbocycles. The van der Waals surface area contributed by atoms with Crippen molar-refractivity contribution in [2.24, 2.45) is 5.10 Å². The quantitative estimate of drug-likeness (QED) is 0.536. The van der Waals surface area contributed by atoms with Gasteiger partial charge in [0.05, 0.1) is 29.4 Å². The van der Waals surface area contributed by atoms with E-state index in [1.165, 1.54) is 4.79 Å². The topological polar surface area (TPSA) is 60.9 Å². The number of nitrogens with zero attached hydrogens (tertiary/aromatic N) is 6. The maximum absolute atomic E-state index is 4.62. The third-order valence-corrected chi connectivity index (χ3v) is 4.13. The molecule has 0 atom stereocenters. The van der Waals surface area contributed by atoms with Crippen LogP contribution >= 0.6 is 11.8 Å². The Hall–Kier alpha value is -2.41. The lowest BCUT2D eigenvalue weighted by Crippen LogP contribution is -1.98. The summed E-state index contributed by atoms with van der Waals surface area (Å²) in [4.78, 5) is 1.53. The number of hydrogen-bond donors (Lipinski definition) is 0. The fourth-order valence-corrected chi connectivity index (χ4v) is 3.09. The first kappa shape index (κ1) is 11.4. The van der Waals surface area contributed by atoms with Crippen LogP contribution in [0.15, 0.2) is 51.7 Å². The van der Waals surface area contributed by atoms with Gasteiger partial charge in [0.1, 0.15) is 10.1 Å². The molecule has 7 heteroatoms. The van der Waals surface area contributed by atoms with E-state index in [1.807, 2.05) is 41.9 Å². The van der Waals surface area contributed by atoms with Crippen LogP contribution < -0.4 is 0 Å². The number of hydrogen-bond acceptors (Lipinski definition) is 5. The molecule has 3 aromatic rings. The number of para-hydroxylation sites is 1. The highest BCUT2D eigenvalue weighted by atomic mass is 32.2. The highest BCUT2D eigenvalue weighted by Gasteiger charge is 2.20.